The van der Waals surface area contributed by atoms with Gasteiger partial charge in [0, 0.05) is 18.1 Å². The van der Waals surface area contributed by atoms with Gasteiger partial charge in [0.1, 0.15) is 5.75 Å². The van der Waals surface area contributed by atoms with E-state index in [0.717, 1.165) is 11.1 Å². The third kappa shape index (κ3) is 2.48. The number of aromatic nitrogens is 1. The summed E-state index contributed by atoms with van der Waals surface area (Å²) in [6, 6.07) is 6.65. The van der Waals surface area contributed by atoms with E-state index in [0.29, 0.717) is 5.69 Å². The minimum absolute atomic E-state index is 0.0233. The highest BCUT2D eigenvalue weighted by molar-refractivity contribution is 6.06. The molecule has 4 heteroatoms. The maximum atomic E-state index is 12.0. The van der Waals surface area contributed by atoms with Crippen molar-refractivity contribution in [2.45, 2.75) is 13.8 Å². The Morgan fingerprint density at radius 2 is 2.06 bits per heavy atom. The molecule has 0 aliphatic carbocycles. The predicted octanol–water partition coefficient (Wildman–Crippen LogP) is 2.66. The number of phenolic OH excluding ortho intramolecular Hbond substituents is 1. The van der Waals surface area contributed by atoms with Crippen LogP contribution in [-0.4, -0.2) is 16.0 Å². The van der Waals surface area contributed by atoms with Crippen molar-refractivity contribution in [2.75, 3.05) is 5.32 Å². The van der Waals surface area contributed by atoms with Crippen LogP contribution in [0.25, 0.3) is 0 Å². The number of carbonyl (C=O) groups is 1. The van der Waals surface area contributed by atoms with Crippen LogP contribution in [0.2, 0.25) is 0 Å². The number of anilines is 1. The first-order valence-electron chi connectivity index (χ1n) is 5.59. The molecule has 1 amide bonds. The Bertz CT molecular complexity index is 594. The summed E-state index contributed by atoms with van der Waals surface area (Å²) in [6.07, 6.45) is 3.28. The van der Waals surface area contributed by atoms with E-state index in [1.54, 1.807) is 30.6 Å². The lowest BCUT2D eigenvalue weighted by atomic mass is 10.1. The molecule has 0 saturated carbocycles. The number of benzene rings is 1. The minimum Gasteiger partial charge on any atom is -0.507 e. The lowest BCUT2D eigenvalue weighted by molar-refractivity contribution is 0.102. The Morgan fingerprint density at radius 3 is 2.78 bits per heavy atom. The first kappa shape index (κ1) is 12.1. The molecule has 0 radical (unpaired) electrons. The van der Waals surface area contributed by atoms with Crippen molar-refractivity contribution in [3.05, 3.63) is 53.3 Å². The summed E-state index contributed by atoms with van der Waals surface area (Å²) in [5, 5.41) is 12.4. The Morgan fingerprint density at radius 1 is 1.28 bits per heavy atom. The van der Waals surface area contributed by atoms with Crippen molar-refractivity contribution < 1.29 is 9.90 Å². The lowest BCUT2D eigenvalue weighted by Gasteiger charge is -2.09. The van der Waals surface area contributed by atoms with Crippen molar-refractivity contribution in [1.29, 1.82) is 0 Å². The number of phenols is 1. The molecule has 2 N–H and O–H groups in total. The molecule has 1 aromatic carbocycles. The highest BCUT2D eigenvalue weighted by atomic mass is 16.3. The van der Waals surface area contributed by atoms with Crippen LogP contribution in [-0.2, 0) is 0 Å². The fourth-order valence-corrected chi connectivity index (χ4v) is 1.64. The second kappa shape index (κ2) is 4.87. The molecule has 0 bridgehead atoms. The molecule has 0 atom stereocenters. The Hall–Kier alpha value is -2.36. The molecule has 1 heterocycles. The molecule has 0 aliphatic rings. The molecule has 18 heavy (non-hydrogen) atoms. The van der Waals surface area contributed by atoms with E-state index in [2.05, 4.69) is 10.3 Å². The molecule has 0 unspecified atom stereocenters. The number of hydrogen-bond acceptors (Lipinski definition) is 3. The van der Waals surface area contributed by atoms with E-state index in [9.17, 15) is 9.90 Å². The van der Waals surface area contributed by atoms with Crippen LogP contribution in [0.1, 0.15) is 21.5 Å². The van der Waals surface area contributed by atoms with Gasteiger partial charge in [-0.15, -0.1) is 0 Å². The zero-order valence-corrected chi connectivity index (χ0v) is 10.3. The van der Waals surface area contributed by atoms with Crippen LogP contribution in [0.15, 0.2) is 36.7 Å². The minimum atomic E-state index is -0.328. The van der Waals surface area contributed by atoms with Crippen LogP contribution in [0.4, 0.5) is 5.69 Å². The highest BCUT2D eigenvalue weighted by Gasteiger charge is 2.12. The Balaban J connectivity index is 2.28. The predicted molar refractivity (Wildman–Crippen MR) is 69.8 cm³/mol. The average Bonchev–Trinajstić information content (AvgIpc) is 2.35. The van der Waals surface area contributed by atoms with E-state index in [1.165, 1.54) is 6.07 Å². The van der Waals surface area contributed by atoms with E-state index in [4.69, 9.17) is 0 Å². The number of nitrogens with one attached hydrogen (secondary N) is 1. The maximum Gasteiger partial charge on any atom is 0.259 e. The summed E-state index contributed by atoms with van der Waals surface area (Å²) in [5.74, 6) is -0.352. The first-order chi connectivity index (χ1) is 8.58. The van der Waals surface area contributed by atoms with Gasteiger partial charge in [-0.25, -0.2) is 0 Å². The summed E-state index contributed by atoms with van der Waals surface area (Å²) in [5.41, 5.74) is 2.75. The molecule has 92 valence electrons. The third-order valence-corrected chi connectivity index (χ3v) is 2.67. The van der Waals surface area contributed by atoms with E-state index >= 15 is 0 Å². The summed E-state index contributed by atoms with van der Waals surface area (Å²) < 4.78 is 0. The van der Waals surface area contributed by atoms with Gasteiger partial charge in [-0.2, -0.15) is 0 Å². The van der Waals surface area contributed by atoms with Gasteiger partial charge in [0.05, 0.1) is 5.56 Å². The highest BCUT2D eigenvalue weighted by Crippen LogP contribution is 2.20. The number of nitrogens with zero attached hydrogens (tertiary/aromatic N) is 1. The van der Waals surface area contributed by atoms with Gasteiger partial charge in [-0.3, -0.25) is 9.78 Å². The van der Waals surface area contributed by atoms with Gasteiger partial charge in [-0.05, 0) is 37.6 Å². The average molecular weight is 242 g/mol. The van der Waals surface area contributed by atoms with Crippen LogP contribution < -0.4 is 5.32 Å². The number of pyridine rings is 1. The molecule has 0 saturated heterocycles. The van der Waals surface area contributed by atoms with Crippen molar-refractivity contribution in [2.24, 2.45) is 0 Å². The standard InChI is InChI=1S/C14H14N2O2/c1-9-3-4-13(17)11(7-9)14(18)16-12-5-6-15-8-10(12)2/h3-8,17H,1-2H3,(H,15,16,18). The molecule has 0 spiro atoms. The Labute approximate surface area is 105 Å². The summed E-state index contributed by atoms with van der Waals surface area (Å²) >= 11 is 0. The molecule has 2 rings (SSSR count). The SMILES string of the molecule is Cc1ccc(O)c(C(=O)Nc2ccncc2C)c1. The zero-order chi connectivity index (χ0) is 13.1. The second-order valence-corrected chi connectivity index (χ2v) is 4.17. The normalized spacial score (nSPS) is 10.1. The van der Waals surface area contributed by atoms with Crippen LogP contribution >= 0.6 is 0 Å². The van der Waals surface area contributed by atoms with Crippen molar-refractivity contribution in [3.63, 3.8) is 0 Å². The largest absolute Gasteiger partial charge is 0.507 e. The number of aryl methyl sites for hydroxylation is 2. The van der Waals surface area contributed by atoms with Gasteiger partial charge in [0.2, 0.25) is 0 Å². The lowest BCUT2D eigenvalue weighted by Crippen LogP contribution is -2.13. The smallest absolute Gasteiger partial charge is 0.259 e. The van der Waals surface area contributed by atoms with Crippen LogP contribution in [0, 0.1) is 13.8 Å². The fourth-order valence-electron chi connectivity index (χ4n) is 1.64. The topological polar surface area (TPSA) is 62.2 Å². The molecular formula is C14H14N2O2. The number of hydrogen-bond donors (Lipinski definition) is 2. The van der Waals surface area contributed by atoms with Crippen LogP contribution in [0.3, 0.4) is 0 Å². The molecule has 1 aromatic heterocycles. The van der Waals surface area contributed by atoms with Gasteiger partial charge < -0.3 is 10.4 Å². The molecule has 0 fully saturated rings. The number of rotatable bonds is 2. The summed E-state index contributed by atoms with van der Waals surface area (Å²) in [7, 11) is 0. The van der Waals surface area contributed by atoms with E-state index in [-0.39, 0.29) is 17.2 Å². The van der Waals surface area contributed by atoms with E-state index < -0.39 is 0 Å². The van der Waals surface area contributed by atoms with Crippen molar-refractivity contribution >= 4 is 11.6 Å². The molecule has 2 aromatic rings. The van der Waals surface area contributed by atoms with Crippen molar-refractivity contribution in [3.8, 4) is 5.75 Å². The molecule has 0 aliphatic heterocycles. The van der Waals surface area contributed by atoms with Gasteiger partial charge in [0.15, 0.2) is 0 Å². The van der Waals surface area contributed by atoms with Gasteiger partial charge >= 0.3 is 0 Å². The number of carbonyl (C=O) groups excluding carboxylic acids is 1. The third-order valence-electron chi connectivity index (χ3n) is 2.67. The summed E-state index contributed by atoms with van der Waals surface area (Å²) in [4.78, 5) is 16.0. The molecule has 4 nitrogen and oxygen atoms in total. The zero-order valence-electron chi connectivity index (χ0n) is 10.3. The number of aromatic hydroxyl groups is 1. The van der Waals surface area contributed by atoms with E-state index in [1.807, 2.05) is 13.8 Å². The quantitative estimate of drug-likeness (QED) is 0.851. The maximum absolute atomic E-state index is 12.0. The van der Waals surface area contributed by atoms with Crippen molar-refractivity contribution in [1.82, 2.24) is 4.98 Å². The Kier molecular flexibility index (Phi) is 3.28. The van der Waals surface area contributed by atoms with Gasteiger partial charge in [-0.1, -0.05) is 11.6 Å². The van der Waals surface area contributed by atoms with Crippen LogP contribution in [0.5, 0.6) is 5.75 Å². The number of amides is 1. The van der Waals surface area contributed by atoms with Gasteiger partial charge in [0.25, 0.3) is 5.91 Å². The fraction of sp³-hybridized carbons (Fsp3) is 0.143. The summed E-state index contributed by atoms with van der Waals surface area (Å²) in [6.45, 7) is 3.73. The first-order valence-corrected chi connectivity index (χ1v) is 5.59. The molecular weight excluding hydrogens is 228 g/mol. The monoisotopic (exact) mass is 242 g/mol. The second-order valence-electron chi connectivity index (χ2n) is 4.17.